The van der Waals surface area contributed by atoms with Crippen LogP contribution >= 0.6 is 11.8 Å². The Labute approximate surface area is 94.0 Å². The van der Waals surface area contributed by atoms with Gasteiger partial charge in [-0.05, 0) is 24.2 Å². The van der Waals surface area contributed by atoms with E-state index in [1.807, 2.05) is 30.3 Å². The molecule has 2 rings (SSSR count). The summed E-state index contributed by atoms with van der Waals surface area (Å²) in [6.45, 7) is 0.400. The summed E-state index contributed by atoms with van der Waals surface area (Å²) in [5.74, 6) is 1.03. The van der Waals surface area contributed by atoms with Crippen LogP contribution in [-0.2, 0) is 16.1 Å². The predicted octanol–water partition coefficient (Wildman–Crippen LogP) is 2.63. The molecule has 0 aliphatic carbocycles. The van der Waals surface area contributed by atoms with Gasteiger partial charge in [-0.1, -0.05) is 30.3 Å². The summed E-state index contributed by atoms with van der Waals surface area (Å²) >= 11 is 1.71. The standard InChI is InChI=1S/C12H14O2S/c13-12(11-7-4-8-15-11)14-9-10-5-2-1-3-6-10/h1-3,5-6,11H,4,7-9H2. The summed E-state index contributed by atoms with van der Waals surface area (Å²) in [7, 11) is 0. The average molecular weight is 222 g/mol. The van der Waals surface area contributed by atoms with Crippen LogP contribution in [0.5, 0.6) is 0 Å². The van der Waals surface area contributed by atoms with Crippen LogP contribution in [0, 0.1) is 0 Å². The van der Waals surface area contributed by atoms with Gasteiger partial charge in [0.25, 0.3) is 0 Å². The molecule has 1 saturated heterocycles. The van der Waals surface area contributed by atoms with E-state index in [2.05, 4.69) is 0 Å². The molecular formula is C12H14O2S. The molecule has 15 heavy (non-hydrogen) atoms. The number of ether oxygens (including phenoxy) is 1. The zero-order valence-electron chi connectivity index (χ0n) is 8.52. The summed E-state index contributed by atoms with van der Waals surface area (Å²) in [5.41, 5.74) is 1.05. The molecule has 2 nitrogen and oxygen atoms in total. The minimum absolute atomic E-state index is 0.0543. The van der Waals surface area contributed by atoms with Gasteiger partial charge in [0.05, 0.1) is 0 Å². The third-order valence-electron chi connectivity index (χ3n) is 2.42. The number of benzene rings is 1. The van der Waals surface area contributed by atoms with Crippen molar-refractivity contribution in [1.82, 2.24) is 0 Å². The summed E-state index contributed by atoms with van der Waals surface area (Å²) < 4.78 is 5.25. The molecule has 80 valence electrons. The molecule has 1 atom stereocenters. The lowest BCUT2D eigenvalue weighted by Crippen LogP contribution is -2.17. The highest BCUT2D eigenvalue weighted by Crippen LogP contribution is 2.27. The molecule has 1 unspecified atom stereocenters. The molecule has 1 heterocycles. The lowest BCUT2D eigenvalue weighted by atomic mass is 10.2. The van der Waals surface area contributed by atoms with E-state index in [-0.39, 0.29) is 11.2 Å². The maximum absolute atomic E-state index is 11.6. The maximum atomic E-state index is 11.6. The van der Waals surface area contributed by atoms with Crippen molar-refractivity contribution in [3.63, 3.8) is 0 Å². The number of carbonyl (C=O) groups is 1. The van der Waals surface area contributed by atoms with Crippen molar-refractivity contribution >= 4 is 17.7 Å². The fourth-order valence-electron chi connectivity index (χ4n) is 1.59. The highest BCUT2D eigenvalue weighted by atomic mass is 32.2. The van der Waals surface area contributed by atoms with Crippen LogP contribution in [0.25, 0.3) is 0 Å². The van der Waals surface area contributed by atoms with Crippen molar-refractivity contribution in [1.29, 1.82) is 0 Å². The first-order chi connectivity index (χ1) is 7.36. The van der Waals surface area contributed by atoms with Gasteiger partial charge in [-0.3, -0.25) is 4.79 Å². The molecule has 1 aromatic rings. The van der Waals surface area contributed by atoms with E-state index in [4.69, 9.17) is 4.74 Å². The second-order valence-corrected chi connectivity index (χ2v) is 4.91. The monoisotopic (exact) mass is 222 g/mol. The number of carbonyl (C=O) groups excluding carboxylic acids is 1. The smallest absolute Gasteiger partial charge is 0.319 e. The Balaban J connectivity index is 1.80. The van der Waals surface area contributed by atoms with Crippen molar-refractivity contribution < 1.29 is 9.53 Å². The van der Waals surface area contributed by atoms with Crippen molar-refractivity contribution in [2.24, 2.45) is 0 Å². The molecule has 0 saturated carbocycles. The Hall–Kier alpha value is -0.960. The second-order valence-electron chi connectivity index (χ2n) is 3.59. The van der Waals surface area contributed by atoms with Gasteiger partial charge in [0.1, 0.15) is 11.9 Å². The van der Waals surface area contributed by atoms with E-state index in [0.717, 1.165) is 24.2 Å². The molecule has 0 bridgehead atoms. The topological polar surface area (TPSA) is 26.3 Å². The lowest BCUT2D eigenvalue weighted by Gasteiger charge is -2.08. The van der Waals surface area contributed by atoms with Crippen LogP contribution in [0.4, 0.5) is 0 Å². The zero-order chi connectivity index (χ0) is 10.5. The van der Waals surface area contributed by atoms with E-state index >= 15 is 0 Å². The van der Waals surface area contributed by atoms with Crippen LogP contribution in [0.2, 0.25) is 0 Å². The van der Waals surface area contributed by atoms with Gasteiger partial charge >= 0.3 is 5.97 Å². The van der Waals surface area contributed by atoms with E-state index < -0.39 is 0 Å². The van der Waals surface area contributed by atoms with Crippen LogP contribution in [0.1, 0.15) is 18.4 Å². The van der Waals surface area contributed by atoms with Crippen LogP contribution in [-0.4, -0.2) is 17.0 Å². The SMILES string of the molecule is O=C(OCc1ccccc1)C1CCCS1. The minimum atomic E-state index is -0.0543. The van der Waals surface area contributed by atoms with E-state index in [1.165, 1.54) is 0 Å². The average Bonchev–Trinajstić information content (AvgIpc) is 2.81. The van der Waals surface area contributed by atoms with Crippen molar-refractivity contribution in [3.05, 3.63) is 35.9 Å². The highest BCUT2D eigenvalue weighted by Gasteiger charge is 2.24. The molecule has 1 fully saturated rings. The third-order valence-corrected chi connectivity index (χ3v) is 3.77. The fraction of sp³-hybridized carbons (Fsp3) is 0.417. The third kappa shape index (κ3) is 2.99. The highest BCUT2D eigenvalue weighted by molar-refractivity contribution is 8.00. The Bertz CT molecular complexity index is 318. The van der Waals surface area contributed by atoms with Crippen molar-refractivity contribution in [2.45, 2.75) is 24.7 Å². The largest absolute Gasteiger partial charge is 0.460 e. The van der Waals surface area contributed by atoms with Crippen LogP contribution < -0.4 is 0 Å². The van der Waals surface area contributed by atoms with E-state index in [0.29, 0.717) is 6.61 Å². The molecule has 1 aromatic carbocycles. The maximum Gasteiger partial charge on any atom is 0.319 e. The number of hydrogen-bond donors (Lipinski definition) is 0. The molecule has 0 radical (unpaired) electrons. The van der Waals surface area contributed by atoms with Crippen LogP contribution in [0.3, 0.4) is 0 Å². The summed E-state index contributed by atoms with van der Waals surface area (Å²) in [4.78, 5) is 11.6. The first-order valence-electron chi connectivity index (χ1n) is 5.18. The molecule has 1 aliphatic rings. The molecule has 3 heteroatoms. The molecule has 0 N–H and O–H groups in total. The first kappa shape index (κ1) is 10.6. The van der Waals surface area contributed by atoms with Gasteiger partial charge in [-0.2, -0.15) is 0 Å². The van der Waals surface area contributed by atoms with E-state index in [9.17, 15) is 4.79 Å². The number of thioether (sulfide) groups is 1. The Morgan fingerprint density at radius 2 is 2.20 bits per heavy atom. The quantitative estimate of drug-likeness (QED) is 0.735. The Kier molecular flexibility index (Phi) is 3.67. The molecular weight excluding hydrogens is 208 g/mol. The van der Waals surface area contributed by atoms with Gasteiger partial charge in [0.15, 0.2) is 0 Å². The Morgan fingerprint density at radius 3 is 2.87 bits per heavy atom. The number of esters is 1. The summed E-state index contributed by atoms with van der Waals surface area (Å²) in [6, 6.07) is 9.79. The van der Waals surface area contributed by atoms with Crippen LogP contribution in [0.15, 0.2) is 30.3 Å². The minimum Gasteiger partial charge on any atom is -0.460 e. The predicted molar refractivity (Wildman–Crippen MR) is 61.7 cm³/mol. The van der Waals surface area contributed by atoms with Crippen molar-refractivity contribution in [2.75, 3.05) is 5.75 Å². The molecule has 1 aliphatic heterocycles. The van der Waals surface area contributed by atoms with Gasteiger partial charge in [-0.15, -0.1) is 11.8 Å². The molecule has 0 aromatic heterocycles. The zero-order valence-corrected chi connectivity index (χ0v) is 9.33. The normalized spacial score (nSPS) is 20.1. The molecule has 0 spiro atoms. The van der Waals surface area contributed by atoms with Crippen molar-refractivity contribution in [3.8, 4) is 0 Å². The van der Waals surface area contributed by atoms with E-state index in [1.54, 1.807) is 11.8 Å². The number of rotatable bonds is 3. The van der Waals surface area contributed by atoms with Gasteiger partial charge in [0.2, 0.25) is 0 Å². The van der Waals surface area contributed by atoms with Gasteiger partial charge in [-0.25, -0.2) is 0 Å². The lowest BCUT2D eigenvalue weighted by molar-refractivity contribution is -0.144. The summed E-state index contributed by atoms with van der Waals surface area (Å²) in [5, 5.41) is 0.0775. The molecule has 0 amide bonds. The fourth-order valence-corrected chi connectivity index (χ4v) is 2.74. The second kappa shape index (κ2) is 5.21. The van der Waals surface area contributed by atoms with Gasteiger partial charge < -0.3 is 4.74 Å². The van der Waals surface area contributed by atoms with Gasteiger partial charge in [0, 0.05) is 0 Å². The Morgan fingerprint density at radius 1 is 1.40 bits per heavy atom. The first-order valence-corrected chi connectivity index (χ1v) is 6.23. The number of hydrogen-bond acceptors (Lipinski definition) is 3. The summed E-state index contributed by atoms with van der Waals surface area (Å²) in [6.07, 6.45) is 2.11.